The maximum Gasteiger partial charge on any atom is 0.330 e. The molecule has 1 aliphatic heterocycles. The molecule has 2 aromatic rings. The summed E-state index contributed by atoms with van der Waals surface area (Å²) in [4.78, 5) is 39.4. The highest BCUT2D eigenvalue weighted by Gasteiger charge is 2.36. The average Bonchev–Trinajstić information content (AvgIpc) is 3.08. The monoisotopic (exact) mass is 487 g/mol. The standard InChI is InChI=1S/C20H23Cl2N3O5S/c1-3-11-9-25(20(29)24-19(11)28)17-7-14(26)15(30-17)8-23-18(27)10(2)31-16-5-4-12(21)6-13(16)22/h4-6,9-10,14-15,17,26H,3,7-8H2,1-2H3,(H,23,27)(H,24,28,29)/t10?,14-,15+,17+/m0/s1. The van der Waals surface area contributed by atoms with Gasteiger partial charge in [0.2, 0.25) is 5.91 Å². The summed E-state index contributed by atoms with van der Waals surface area (Å²) < 4.78 is 7.06. The Morgan fingerprint density at radius 1 is 1.42 bits per heavy atom. The van der Waals surface area contributed by atoms with E-state index in [0.717, 1.165) is 4.90 Å². The molecule has 1 aromatic carbocycles. The van der Waals surface area contributed by atoms with E-state index in [1.807, 2.05) is 0 Å². The van der Waals surface area contributed by atoms with E-state index in [-0.39, 0.29) is 18.9 Å². The predicted octanol–water partition coefficient (Wildman–Crippen LogP) is 2.35. The number of aliphatic hydroxyl groups is 1. The van der Waals surface area contributed by atoms with E-state index >= 15 is 0 Å². The van der Waals surface area contributed by atoms with Crippen molar-refractivity contribution in [1.82, 2.24) is 14.9 Å². The molecule has 0 radical (unpaired) electrons. The second-order valence-corrected chi connectivity index (χ2v) is 9.41. The number of amides is 1. The first-order valence-corrected chi connectivity index (χ1v) is 11.4. The first kappa shape index (κ1) is 23.9. The van der Waals surface area contributed by atoms with Crippen LogP contribution in [0.25, 0.3) is 0 Å². The van der Waals surface area contributed by atoms with Gasteiger partial charge in [0.15, 0.2) is 0 Å². The van der Waals surface area contributed by atoms with Crippen molar-refractivity contribution in [3.8, 4) is 0 Å². The van der Waals surface area contributed by atoms with Crippen molar-refractivity contribution in [3.05, 3.63) is 60.8 Å². The Morgan fingerprint density at radius 3 is 2.84 bits per heavy atom. The molecule has 1 aromatic heterocycles. The Hall–Kier alpha value is -1.78. The zero-order valence-electron chi connectivity index (χ0n) is 16.9. The number of hydrogen-bond donors (Lipinski definition) is 3. The fourth-order valence-electron chi connectivity index (χ4n) is 3.22. The molecule has 0 bridgehead atoms. The fraction of sp³-hybridized carbons (Fsp3) is 0.450. The molecule has 3 N–H and O–H groups in total. The zero-order valence-corrected chi connectivity index (χ0v) is 19.3. The van der Waals surface area contributed by atoms with Crippen LogP contribution in [0.1, 0.15) is 32.1 Å². The highest BCUT2D eigenvalue weighted by molar-refractivity contribution is 8.00. The second-order valence-electron chi connectivity index (χ2n) is 7.19. The number of aromatic amines is 1. The van der Waals surface area contributed by atoms with Crippen molar-refractivity contribution >= 4 is 40.9 Å². The van der Waals surface area contributed by atoms with E-state index in [4.69, 9.17) is 27.9 Å². The van der Waals surface area contributed by atoms with Crippen LogP contribution in [-0.4, -0.2) is 44.6 Å². The highest BCUT2D eigenvalue weighted by atomic mass is 35.5. The van der Waals surface area contributed by atoms with Crippen LogP contribution in [0.2, 0.25) is 10.0 Å². The second kappa shape index (κ2) is 10.2. The van der Waals surface area contributed by atoms with Crippen LogP contribution in [0, 0.1) is 0 Å². The summed E-state index contributed by atoms with van der Waals surface area (Å²) in [5, 5.41) is 13.6. The van der Waals surface area contributed by atoms with Crippen molar-refractivity contribution in [2.45, 2.75) is 55.3 Å². The molecule has 3 rings (SSSR count). The molecule has 2 heterocycles. The lowest BCUT2D eigenvalue weighted by atomic mass is 10.1. The van der Waals surface area contributed by atoms with Crippen LogP contribution in [-0.2, 0) is 16.0 Å². The minimum atomic E-state index is -0.872. The third-order valence-electron chi connectivity index (χ3n) is 4.98. The molecule has 8 nitrogen and oxygen atoms in total. The van der Waals surface area contributed by atoms with Crippen molar-refractivity contribution in [2.75, 3.05) is 6.54 Å². The lowest BCUT2D eigenvalue weighted by Crippen LogP contribution is -2.40. The van der Waals surface area contributed by atoms with Gasteiger partial charge < -0.3 is 15.2 Å². The minimum absolute atomic E-state index is 0.0779. The van der Waals surface area contributed by atoms with Gasteiger partial charge in [-0.3, -0.25) is 19.1 Å². The third-order valence-corrected chi connectivity index (χ3v) is 6.82. The SMILES string of the molecule is CCc1cn([C@H]2C[C@H](O)[C@@H](CNC(=O)C(C)Sc3ccc(Cl)cc3Cl)O2)c(=O)[nH]c1=O. The van der Waals surface area contributed by atoms with Gasteiger partial charge in [0.1, 0.15) is 12.3 Å². The summed E-state index contributed by atoms with van der Waals surface area (Å²) in [6, 6.07) is 5.06. The van der Waals surface area contributed by atoms with Crippen LogP contribution >= 0.6 is 35.0 Å². The number of hydrogen-bond acceptors (Lipinski definition) is 6. The lowest BCUT2D eigenvalue weighted by molar-refractivity contribution is -0.121. The van der Waals surface area contributed by atoms with E-state index in [9.17, 15) is 19.5 Å². The van der Waals surface area contributed by atoms with Gasteiger partial charge in [0.25, 0.3) is 5.56 Å². The van der Waals surface area contributed by atoms with Crippen LogP contribution in [0.5, 0.6) is 0 Å². The van der Waals surface area contributed by atoms with Gasteiger partial charge in [0.05, 0.1) is 16.4 Å². The Morgan fingerprint density at radius 2 is 2.16 bits per heavy atom. The summed E-state index contributed by atoms with van der Waals surface area (Å²) in [5.41, 5.74) is -0.589. The number of H-pyrrole nitrogens is 1. The van der Waals surface area contributed by atoms with E-state index in [1.165, 1.54) is 22.5 Å². The first-order valence-electron chi connectivity index (χ1n) is 9.76. The quantitative estimate of drug-likeness (QED) is 0.516. The molecule has 1 saturated heterocycles. The zero-order chi connectivity index (χ0) is 22.7. The lowest BCUT2D eigenvalue weighted by Gasteiger charge is -2.18. The number of carbonyl (C=O) groups excluding carboxylic acids is 1. The molecule has 1 amide bonds. The van der Waals surface area contributed by atoms with E-state index in [2.05, 4.69) is 10.3 Å². The number of aryl methyl sites for hydroxylation is 1. The number of rotatable bonds is 7. The molecule has 1 fully saturated rings. The Labute approximate surface area is 192 Å². The van der Waals surface area contributed by atoms with Crippen LogP contribution in [0.3, 0.4) is 0 Å². The summed E-state index contributed by atoms with van der Waals surface area (Å²) in [7, 11) is 0. The summed E-state index contributed by atoms with van der Waals surface area (Å²) in [6.45, 7) is 3.62. The van der Waals surface area contributed by atoms with Crippen molar-refractivity contribution < 1.29 is 14.6 Å². The van der Waals surface area contributed by atoms with E-state index in [0.29, 0.717) is 22.0 Å². The highest BCUT2D eigenvalue weighted by Crippen LogP contribution is 2.32. The van der Waals surface area contributed by atoms with E-state index in [1.54, 1.807) is 32.0 Å². The molecule has 31 heavy (non-hydrogen) atoms. The molecule has 0 spiro atoms. The number of nitrogens with zero attached hydrogens (tertiary/aromatic N) is 1. The third kappa shape index (κ3) is 5.72. The smallest absolute Gasteiger partial charge is 0.330 e. The summed E-state index contributed by atoms with van der Waals surface area (Å²) in [5.74, 6) is -0.246. The molecule has 168 valence electrons. The number of benzene rings is 1. The number of aliphatic hydroxyl groups excluding tert-OH is 1. The predicted molar refractivity (Wildman–Crippen MR) is 120 cm³/mol. The van der Waals surface area contributed by atoms with Crippen molar-refractivity contribution in [2.24, 2.45) is 0 Å². The number of ether oxygens (including phenoxy) is 1. The fourth-order valence-corrected chi connectivity index (χ4v) is 4.65. The number of carbonyl (C=O) groups is 1. The number of thioether (sulfide) groups is 1. The summed E-state index contributed by atoms with van der Waals surface area (Å²) in [6.07, 6.45) is -0.213. The van der Waals surface area contributed by atoms with Gasteiger partial charge in [0, 0.05) is 34.6 Å². The number of aromatic nitrogens is 2. The van der Waals surface area contributed by atoms with Gasteiger partial charge in [-0.2, -0.15) is 0 Å². The molecule has 11 heteroatoms. The average molecular weight is 488 g/mol. The molecular formula is C20H23Cl2N3O5S. The molecule has 1 unspecified atom stereocenters. The van der Waals surface area contributed by atoms with Crippen LogP contribution in [0.15, 0.2) is 38.9 Å². The van der Waals surface area contributed by atoms with Gasteiger partial charge >= 0.3 is 5.69 Å². The number of nitrogens with one attached hydrogen (secondary N) is 2. The topological polar surface area (TPSA) is 113 Å². The summed E-state index contributed by atoms with van der Waals surface area (Å²) >= 11 is 13.3. The largest absolute Gasteiger partial charge is 0.390 e. The van der Waals surface area contributed by atoms with Crippen LogP contribution in [0.4, 0.5) is 0 Å². The molecule has 4 atom stereocenters. The van der Waals surface area contributed by atoms with Crippen LogP contribution < -0.4 is 16.6 Å². The number of halogens is 2. The van der Waals surface area contributed by atoms with Crippen molar-refractivity contribution in [3.63, 3.8) is 0 Å². The molecule has 0 saturated carbocycles. The maximum atomic E-state index is 12.5. The van der Waals surface area contributed by atoms with Gasteiger partial charge in [-0.15, -0.1) is 11.8 Å². The molecule has 0 aliphatic carbocycles. The van der Waals surface area contributed by atoms with E-state index < -0.39 is 34.9 Å². The van der Waals surface area contributed by atoms with Gasteiger partial charge in [-0.1, -0.05) is 30.1 Å². The Kier molecular flexibility index (Phi) is 7.87. The van der Waals surface area contributed by atoms with Gasteiger partial charge in [-0.05, 0) is 31.5 Å². The molecular weight excluding hydrogens is 465 g/mol. The van der Waals surface area contributed by atoms with Crippen molar-refractivity contribution in [1.29, 1.82) is 0 Å². The van der Waals surface area contributed by atoms with Gasteiger partial charge in [-0.25, -0.2) is 4.79 Å². The minimum Gasteiger partial charge on any atom is -0.390 e. The normalized spacial score (nSPS) is 21.8. The first-order chi connectivity index (χ1) is 14.7. The maximum absolute atomic E-state index is 12.5. The Balaban J connectivity index is 1.59. The molecule has 1 aliphatic rings. The Bertz CT molecular complexity index is 1070.